The minimum atomic E-state index is -1.02. The molecule has 7 heteroatoms. The number of hydrogen-bond donors (Lipinski definition) is 2. The lowest BCUT2D eigenvalue weighted by Gasteiger charge is -2.17. The number of carboxylic acids is 1. The van der Waals surface area contributed by atoms with Crippen molar-refractivity contribution >= 4 is 11.9 Å². The van der Waals surface area contributed by atoms with E-state index < -0.39 is 12.0 Å². The Hall–Kier alpha value is -2.44. The molecule has 0 radical (unpaired) electrons. The number of aryl methyl sites for hydroxylation is 1. The van der Waals surface area contributed by atoms with Gasteiger partial charge in [0.25, 0.3) is 0 Å². The lowest BCUT2D eigenvalue weighted by Crippen LogP contribution is -2.41. The van der Waals surface area contributed by atoms with Crippen LogP contribution in [0.2, 0.25) is 0 Å². The minimum absolute atomic E-state index is 0.167. The van der Waals surface area contributed by atoms with Gasteiger partial charge in [0.1, 0.15) is 6.04 Å². The van der Waals surface area contributed by atoms with E-state index in [0.29, 0.717) is 30.1 Å². The average molecular weight is 353 g/mol. The highest BCUT2D eigenvalue weighted by molar-refractivity contribution is 5.83. The van der Waals surface area contributed by atoms with Gasteiger partial charge in [0.05, 0.1) is 21.3 Å². The van der Waals surface area contributed by atoms with Gasteiger partial charge in [0.2, 0.25) is 11.7 Å². The molecule has 0 aromatic heterocycles. The van der Waals surface area contributed by atoms with Crippen molar-refractivity contribution in [3.8, 4) is 17.2 Å². The number of ether oxygens (including phenoxy) is 3. The van der Waals surface area contributed by atoms with Crippen molar-refractivity contribution in [1.82, 2.24) is 5.32 Å². The standard InChI is InChI=1S/C18H27NO6/c1-11(2)8-13(18(21)22)19-16(20)7-6-12-9-14(23-3)17(25-5)15(10-12)24-4/h9-11,13H,6-8H2,1-5H3,(H,19,20)(H,21,22). The van der Waals surface area contributed by atoms with Crippen LogP contribution in [-0.2, 0) is 16.0 Å². The van der Waals surface area contributed by atoms with Gasteiger partial charge in [-0.15, -0.1) is 0 Å². The van der Waals surface area contributed by atoms with E-state index in [1.165, 1.54) is 21.3 Å². The number of carbonyl (C=O) groups is 2. The van der Waals surface area contributed by atoms with Gasteiger partial charge in [-0.25, -0.2) is 4.79 Å². The number of benzene rings is 1. The second-order valence-corrected chi connectivity index (χ2v) is 6.12. The van der Waals surface area contributed by atoms with E-state index in [2.05, 4.69) is 5.32 Å². The third-order valence-electron chi connectivity index (χ3n) is 3.71. The monoisotopic (exact) mass is 353 g/mol. The fourth-order valence-electron chi connectivity index (χ4n) is 2.50. The van der Waals surface area contributed by atoms with Crippen LogP contribution < -0.4 is 19.5 Å². The molecule has 0 spiro atoms. The Kier molecular flexibility index (Phi) is 8.04. The molecular weight excluding hydrogens is 326 g/mol. The van der Waals surface area contributed by atoms with Gasteiger partial charge in [0.15, 0.2) is 11.5 Å². The highest BCUT2D eigenvalue weighted by atomic mass is 16.5. The molecule has 7 nitrogen and oxygen atoms in total. The lowest BCUT2D eigenvalue weighted by atomic mass is 10.0. The molecule has 0 bridgehead atoms. The molecule has 0 fully saturated rings. The van der Waals surface area contributed by atoms with Gasteiger partial charge in [-0.1, -0.05) is 13.8 Å². The predicted octanol–water partition coefficient (Wildman–Crippen LogP) is 2.26. The Morgan fingerprint density at radius 3 is 2.04 bits per heavy atom. The van der Waals surface area contributed by atoms with Crippen LogP contribution in [0.25, 0.3) is 0 Å². The second kappa shape index (κ2) is 9.76. The van der Waals surface area contributed by atoms with E-state index in [-0.39, 0.29) is 18.2 Å². The minimum Gasteiger partial charge on any atom is -0.493 e. The summed E-state index contributed by atoms with van der Waals surface area (Å²) in [7, 11) is 4.57. The van der Waals surface area contributed by atoms with Gasteiger partial charge < -0.3 is 24.6 Å². The number of methoxy groups -OCH3 is 3. The Bertz CT molecular complexity index is 574. The average Bonchev–Trinajstić information content (AvgIpc) is 2.57. The van der Waals surface area contributed by atoms with Crippen molar-refractivity contribution < 1.29 is 28.9 Å². The van der Waals surface area contributed by atoms with Crippen LogP contribution in [0.5, 0.6) is 17.2 Å². The van der Waals surface area contributed by atoms with E-state index in [1.54, 1.807) is 12.1 Å². The molecular formula is C18H27NO6. The van der Waals surface area contributed by atoms with Crippen LogP contribution in [0.15, 0.2) is 12.1 Å². The summed E-state index contributed by atoms with van der Waals surface area (Å²) in [6.45, 7) is 3.83. The van der Waals surface area contributed by atoms with Crippen LogP contribution in [0.3, 0.4) is 0 Å². The zero-order chi connectivity index (χ0) is 19.0. The van der Waals surface area contributed by atoms with Crippen LogP contribution in [-0.4, -0.2) is 44.4 Å². The van der Waals surface area contributed by atoms with Gasteiger partial charge in [-0.3, -0.25) is 4.79 Å². The van der Waals surface area contributed by atoms with E-state index in [4.69, 9.17) is 14.2 Å². The van der Waals surface area contributed by atoms with E-state index >= 15 is 0 Å². The molecule has 1 atom stereocenters. The van der Waals surface area contributed by atoms with Crippen LogP contribution >= 0.6 is 0 Å². The van der Waals surface area contributed by atoms with Crippen molar-refractivity contribution in [2.45, 2.75) is 39.2 Å². The fourth-order valence-corrected chi connectivity index (χ4v) is 2.50. The third-order valence-corrected chi connectivity index (χ3v) is 3.71. The maximum Gasteiger partial charge on any atom is 0.326 e. The summed E-state index contributed by atoms with van der Waals surface area (Å²) in [6.07, 6.45) is 0.988. The second-order valence-electron chi connectivity index (χ2n) is 6.12. The fraction of sp³-hybridized carbons (Fsp3) is 0.556. The molecule has 2 N–H and O–H groups in total. The first kappa shape index (κ1) is 20.6. The summed E-state index contributed by atoms with van der Waals surface area (Å²) < 4.78 is 15.8. The first-order valence-corrected chi connectivity index (χ1v) is 8.13. The zero-order valence-electron chi connectivity index (χ0n) is 15.4. The lowest BCUT2D eigenvalue weighted by molar-refractivity contribution is -0.142. The molecule has 0 aliphatic rings. The molecule has 1 aromatic rings. The Morgan fingerprint density at radius 1 is 1.08 bits per heavy atom. The molecule has 0 aliphatic carbocycles. The highest BCUT2D eigenvalue weighted by Crippen LogP contribution is 2.38. The number of aliphatic carboxylic acids is 1. The third kappa shape index (κ3) is 6.17. The molecule has 25 heavy (non-hydrogen) atoms. The van der Waals surface area contributed by atoms with Gasteiger partial charge in [0, 0.05) is 6.42 Å². The number of nitrogens with one attached hydrogen (secondary N) is 1. The van der Waals surface area contributed by atoms with E-state index in [1.807, 2.05) is 13.8 Å². The Balaban J connectivity index is 2.76. The summed E-state index contributed by atoms with van der Waals surface area (Å²) in [6, 6.07) is 2.68. The van der Waals surface area contributed by atoms with Crippen molar-refractivity contribution in [3.63, 3.8) is 0 Å². The molecule has 1 unspecified atom stereocenters. The molecule has 0 saturated carbocycles. The summed E-state index contributed by atoms with van der Waals surface area (Å²) in [5.41, 5.74) is 0.834. The Labute approximate surface area is 148 Å². The van der Waals surface area contributed by atoms with Crippen molar-refractivity contribution in [2.75, 3.05) is 21.3 Å². The maximum absolute atomic E-state index is 12.1. The Morgan fingerprint density at radius 2 is 1.64 bits per heavy atom. The first-order valence-electron chi connectivity index (χ1n) is 8.13. The number of amides is 1. The summed E-state index contributed by atoms with van der Waals surface area (Å²) >= 11 is 0. The number of carboxylic acid groups (broad SMARTS) is 1. The zero-order valence-corrected chi connectivity index (χ0v) is 15.4. The number of rotatable bonds is 10. The van der Waals surface area contributed by atoms with E-state index in [9.17, 15) is 14.7 Å². The SMILES string of the molecule is COc1cc(CCC(=O)NC(CC(C)C)C(=O)O)cc(OC)c1OC. The predicted molar refractivity (Wildman–Crippen MR) is 93.4 cm³/mol. The topological polar surface area (TPSA) is 94.1 Å². The van der Waals surface area contributed by atoms with Crippen LogP contribution in [0.1, 0.15) is 32.3 Å². The number of hydrogen-bond acceptors (Lipinski definition) is 5. The molecule has 1 amide bonds. The quantitative estimate of drug-likeness (QED) is 0.670. The molecule has 1 aromatic carbocycles. The van der Waals surface area contributed by atoms with E-state index in [0.717, 1.165) is 5.56 Å². The molecule has 0 saturated heterocycles. The summed E-state index contributed by atoms with van der Waals surface area (Å²) in [5.74, 6) is 0.371. The smallest absolute Gasteiger partial charge is 0.326 e. The summed E-state index contributed by atoms with van der Waals surface area (Å²) in [4.78, 5) is 23.3. The molecule has 1 rings (SSSR count). The van der Waals surface area contributed by atoms with Crippen molar-refractivity contribution in [1.29, 1.82) is 0 Å². The molecule has 0 heterocycles. The van der Waals surface area contributed by atoms with Crippen molar-refractivity contribution in [2.24, 2.45) is 5.92 Å². The summed E-state index contributed by atoms with van der Waals surface area (Å²) in [5, 5.41) is 11.8. The first-order chi connectivity index (χ1) is 11.8. The van der Waals surface area contributed by atoms with Crippen LogP contribution in [0, 0.1) is 5.92 Å². The van der Waals surface area contributed by atoms with Gasteiger partial charge >= 0.3 is 5.97 Å². The normalized spacial score (nSPS) is 11.8. The van der Waals surface area contributed by atoms with Gasteiger partial charge in [-0.05, 0) is 36.5 Å². The highest BCUT2D eigenvalue weighted by Gasteiger charge is 2.21. The van der Waals surface area contributed by atoms with Crippen LogP contribution in [0.4, 0.5) is 0 Å². The number of carbonyl (C=O) groups excluding carboxylic acids is 1. The maximum atomic E-state index is 12.1. The van der Waals surface area contributed by atoms with Gasteiger partial charge in [-0.2, -0.15) is 0 Å². The molecule has 140 valence electrons. The molecule has 0 aliphatic heterocycles. The van der Waals surface area contributed by atoms with Crippen molar-refractivity contribution in [3.05, 3.63) is 17.7 Å². The largest absolute Gasteiger partial charge is 0.493 e.